The van der Waals surface area contributed by atoms with Crippen molar-refractivity contribution in [1.29, 1.82) is 0 Å². The second kappa shape index (κ2) is 5.56. The fourth-order valence-electron chi connectivity index (χ4n) is 2.49. The van der Waals surface area contributed by atoms with Crippen molar-refractivity contribution in [1.82, 2.24) is 10.2 Å². The highest BCUT2D eigenvalue weighted by Gasteiger charge is 2.45. The lowest BCUT2D eigenvalue weighted by atomic mass is 9.92. The lowest BCUT2D eigenvalue weighted by Crippen LogP contribution is -2.68. The first-order valence-corrected chi connectivity index (χ1v) is 7.99. The first-order chi connectivity index (χ1) is 9.42. The van der Waals surface area contributed by atoms with Crippen LogP contribution in [0.3, 0.4) is 0 Å². The van der Waals surface area contributed by atoms with Gasteiger partial charge in [0.15, 0.2) is 0 Å². The highest BCUT2D eigenvalue weighted by Crippen LogP contribution is 2.26. The van der Waals surface area contributed by atoms with Gasteiger partial charge in [-0.1, -0.05) is 13.8 Å². The van der Waals surface area contributed by atoms with E-state index in [2.05, 4.69) is 18.3 Å². The van der Waals surface area contributed by atoms with E-state index in [-0.39, 0.29) is 11.8 Å². The molecule has 2 atom stereocenters. The molecule has 0 aliphatic carbocycles. The van der Waals surface area contributed by atoms with Crippen molar-refractivity contribution in [3.63, 3.8) is 0 Å². The summed E-state index contributed by atoms with van der Waals surface area (Å²) in [5, 5.41) is 4.90. The summed E-state index contributed by atoms with van der Waals surface area (Å²) in [6, 6.07) is 1.69. The molecule has 2 amide bonds. The van der Waals surface area contributed by atoms with E-state index in [9.17, 15) is 9.59 Å². The van der Waals surface area contributed by atoms with Gasteiger partial charge in [-0.05, 0) is 43.7 Å². The number of aryl methyl sites for hydroxylation is 1. The molecule has 1 aromatic rings. The number of piperazine rings is 1. The SMILES string of the molecule is CCc1ccsc1CN1C(=O)C(C)(CC)NC(=O)C1C. The Labute approximate surface area is 124 Å². The highest BCUT2D eigenvalue weighted by atomic mass is 32.1. The van der Waals surface area contributed by atoms with E-state index in [1.165, 1.54) is 10.4 Å². The summed E-state index contributed by atoms with van der Waals surface area (Å²) in [5.74, 6) is -0.0499. The first-order valence-electron chi connectivity index (χ1n) is 7.11. The zero-order valence-corrected chi connectivity index (χ0v) is 13.3. The minimum atomic E-state index is -0.771. The third-order valence-electron chi connectivity index (χ3n) is 4.22. The second-order valence-electron chi connectivity index (χ2n) is 5.51. The lowest BCUT2D eigenvalue weighted by Gasteiger charge is -2.43. The molecular weight excluding hydrogens is 272 g/mol. The molecule has 1 N–H and O–H groups in total. The summed E-state index contributed by atoms with van der Waals surface area (Å²) < 4.78 is 0. The van der Waals surface area contributed by atoms with Crippen LogP contribution in [0, 0.1) is 0 Å². The van der Waals surface area contributed by atoms with Crippen LogP contribution in [0.2, 0.25) is 0 Å². The van der Waals surface area contributed by atoms with Crippen LogP contribution in [-0.2, 0) is 22.6 Å². The van der Waals surface area contributed by atoms with Crippen molar-refractivity contribution in [3.05, 3.63) is 21.9 Å². The van der Waals surface area contributed by atoms with Gasteiger partial charge in [-0.2, -0.15) is 0 Å². The van der Waals surface area contributed by atoms with Crippen molar-refractivity contribution in [2.75, 3.05) is 0 Å². The summed E-state index contributed by atoms with van der Waals surface area (Å²) in [4.78, 5) is 27.7. The van der Waals surface area contributed by atoms with Crippen molar-refractivity contribution in [2.45, 2.75) is 58.7 Å². The molecule has 0 saturated carbocycles. The quantitative estimate of drug-likeness (QED) is 0.926. The van der Waals surface area contributed by atoms with Gasteiger partial charge in [0.1, 0.15) is 11.6 Å². The molecule has 1 aromatic heterocycles. The first kappa shape index (κ1) is 15.0. The normalized spacial score (nSPS) is 26.8. The van der Waals surface area contributed by atoms with Gasteiger partial charge >= 0.3 is 0 Å². The summed E-state index contributed by atoms with van der Waals surface area (Å²) >= 11 is 1.66. The molecule has 4 nitrogen and oxygen atoms in total. The zero-order chi connectivity index (χ0) is 14.9. The van der Waals surface area contributed by atoms with E-state index in [4.69, 9.17) is 0 Å². The molecule has 2 unspecified atom stereocenters. The number of nitrogens with one attached hydrogen (secondary N) is 1. The number of nitrogens with zero attached hydrogens (tertiary/aromatic N) is 1. The zero-order valence-electron chi connectivity index (χ0n) is 12.5. The van der Waals surface area contributed by atoms with Crippen molar-refractivity contribution >= 4 is 23.2 Å². The Hall–Kier alpha value is -1.36. The molecule has 2 rings (SSSR count). The molecule has 110 valence electrons. The summed E-state index contributed by atoms with van der Waals surface area (Å²) in [6.45, 7) is 8.16. The topological polar surface area (TPSA) is 49.4 Å². The van der Waals surface area contributed by atoms with E-state index in [0.29, 0.717) is 13.0 Å². The van der Waals surface area contributed by atoms with Crippen LogP contribution in [-0.4, -0.2) is 28.3 Å². The van der Waals surface area contributed by atoms with Gasteiger partial charge in [0.05, 0.1) is 6.54 Å². The fourth-order valence-corrected chi connectivity index (χ4v) is 3.46. The minimum Gasteiger partial charge on any atom is -0.340 e. The Kier molecular flexibility index (Phi) is 4.18. The molecule has 0 spiro atoms. The van der Waals surface area contributed by atoms with Gasteiger partial charge in [-0.3, -0.25) is 9.59 Å². The lowest BCUT2D eigenvalue weighted by molar-refractivity contribution is -0.154. The number of carbonyl (C=O) groups is 2. The summed E-state index contributed by atoms with van der Waals surface area (Å²) in [5.41, 5.74) is 0.493. The van der Waals surface area contributed by atoms with Gasteiger partial charge in [0, 0.05) is 4.88 Å². The Morgan fingerprint density at radius 2 is 2.10 bits per heavy atom. The molecular formula is C15H22N2O2S. The Bertz CT molecular complexity index is 526. The van der Waals surface area contributed by atoms with Crippen LogP contribution >= 0.6 is 11.3 Å². The number of carbonyl (C=O) groups excluding carboxylic acids is 2. The molecule has 20 heavy (non-hydrogen) atoms. The summed E-state index contributed by atoms with van der Waals surface area (Å²) in [7, 11) is 0. The largest absolute Gasteiger partial charge is 0.340 e. The Morgan fingerprint density at radius 1 is 1.40 bits per heavy atom. The number of amides is 2. The van der Waals surface area contributed by atoms with Crippen LogP contribution in [0.25, 0.3) is 0 Å². The predicted octanol–water partition coefficient (Wildman–Crippen LogP) is 2.33. The maximum Gasteiger partial charge on any atom is 0.249 e. The smallest absolute Gasteiger partial charge is 0.249 e. The molecule has 1 saturated heterocycles. The Morgan fingerprint density at radius 3 is 2.70 bits per heavy atom. The van der Waals surface area contributed by atoms with Crippen LogP contribution in [0.1, 0.15) is 44.6 Å². The molecule has 0 aromatic carbocycles. The van der Waals surface area contributed by atoms with Gasteiger partial charge in [0.25, 0.3) is 0 Å². The number of thiophene rings is 1. The van der Waals surface area contributed by atoms with E-state index in [1.54, 1.807) is 30.1 Å². The van der Waals surface area contributed by atoms with Gasteiger partial charge in [0.2, 0.25) is 11.8 Å². The maximum absolute atomic E-state index is 12.7. The molecule has 0 radical (unpaired) electrons. The molecule has 5 heteroatoms. The average Bonchev–Trinajstić information content (AvgIpc) is 2.88. The molecule has 1 fully saturated rings. The van der Waals surface area contributed by atoms with Crippen molar-refractivity contribution in [2.24, 2.45) is 0 Å². The van der Waals surface area contributed by atoms with Gasteiger partial charge < -0.3 is 10.2 Å². The van der Waals surface area contributed by atoms with E-state index >= 15 is 0 Å². The van der Waals surface area contributed by atoms with Crippen molar-refractivity contribution in [3.8, 4) is 0 Å². The number of rotatable bonds is 4. The highest BCUT2D eigenvalue weighted by molar-refractivity contribution is 7.10. The number of hydrogen-bond acceptors (Lipinski definition) is 3. The molecule has 0 bridgehead atoms. The third-order valence-corrected chi connectivity index (χ3v) is 5.17. The minimum absolute atomic E-state index is 0.0163. The average molecular weight is 294 g/mol. The predicted molar refractivity (Wildman–Crippen MR) is 80.5 cm³/mol. The van der Waals surface area contributed by atoms with Gasteiger partial charge in [-0.25, -0.2) is 0 Å². The van der Waals surface area contributed by atoms with Crippen LogP contribution in [0.5, 0.6) is 0 Å². The third kappa shape index (κ3) is 2.46. The molecule has 1 aliphatic rings. The molecule has 2 heterocycles. The Balaban J connectivity index is 2.28. The van der Waals surface area contributed by atoms with E-state index < -0.39 is 11.6 Å². The second-order valence-corrected chi connectivity index (χ2v) is 6.51. The van der Waals surface area contributed by atoms with Gasteiger partial charge in [-0.15, -0.1) is 11.3 Å². The summed E-state index contributed by atoms with van der Waals surface area (Å²) in [6.07, 6.45) is 1.55. The van der Waals surface area contributed by atoms with Crippen LogP contribution in [0.15, 0.2) is 11.4 Å². The maximum atomic E-state index is 12.7. The molecule has 1 aliphatic heterocycles. The number of hydrogen-bond donors (Lipinski definition) is 1. The van der Waals surface area contributed by atoms with Crippen LogP contribution in [0.4, 0.5) is 0 Å². The van der Waals surface area contributed by atoms with Crippen LogP contribution < -0.4 is 5.32 Å². The monoisotopic (exact) mass is 294 g/mol. The van der Waals surface area contributed by atoms with E-state index in [0.717, 1.165) is 6.42 Å². The van der Waals surface area contributed by atoms with Crippen molar-refractivity contribution < 1.29 is 9.59 Å². The standard InChI is InChI=1S/C15H22N2O2S/c1-5-11-7-8-20-12(11)9-17-10(3)13(18)16-15(4,6-2)14(17)19/h7-8,10H,5-6,9H2,1-4H3,(H,16,18). The van der Waals surface area contributed by atoms with E-state index in [1.807, 2.05) is 12.3 Å². The fraction of sp³-hybridized carbons (Fsp3) is 0.600.